The molecule has 0 aromatic heterocycles. The zero-order valence-corrected chi connectivity index (χ0v) is 13.6. The van der Waals surface area contributed by atoms with Gasteiger partial charge in [-0.25, -0.2) is 0 Å². The second-order valence-corrected chi connectivity index (χ2v) is 5.59. The molecule has 0 saturated carbocycles. The van der Waals surface area contributed by atoms with Crippen molar-refractivity contribution in [3.05, 3.63) is 65.7 Å². The highest BCUT2D eigenvalue weighted by atomic mass is 16.5. The Labute approximate surface area is 133 Å². The van der Waals surface area contributed by atoms with Crippen LogP contribution in [0.4, 0.5) is 0 Å². The first-order valence-corrected chi connectivity index (χ1v) is 7.70. The molecule has 0 spiro atoms. The van der Waals surface area contributed by atoms with Crippen LogP contribution in [0.1, 0.15) is 31.0 Å². The van der Waals surface area contributed by atoms with E-state index in [1.807, 2.05) is 30.3 Å². The fraction of sp³-hybridized carbons (Fsp3) is 0.368. The Morgan fingerprint density at radius 1 is 0.955 bits per heavy atom. The van der Waals surface area contributed by atoms with Crippen LogP contribution < -0.4 is 10.1 Å². The van der Waals surface area contributed by atoms with E-state index < -0.39 is 0 Å². The Morgan fingerprint density at radius 3 is 2.27 bits per heavy atom. The highest BCUT2D eigenvalue weighted by Gasteiger charge is 2.09. The minimum Gasteiger partial charge on any atom is -0.489 e. The lowest BCUT2D eigenvalue weighted by atomic mass is 10.1. The average Bonchev–Trinajstić information content (AvgIpc) is 2.54. The summed E-state index contributed by atoms with van der Waals surface area (Å²) in [6.07, 6.45) is 0. The van der Waals surface area contributed by atoms with Gasteiger partial charge in [-0.3, -0.25) is 0 Å². The molecule has 0 aliphatic carbocycles. The largest absolute Gasteiger partial charge is 0.489 e. The molecule has 0 aliphatic heterocycles. The molecule has 3 nitrogen and oxygen atoms in total. The lowest BCUT2D eigenvalue weighted by molar-refractivity contribution is 0.167. The molecule has 0 heterocycles. The van der Waals surface area contributed by atoms with E-state index in [1.165, 1.54) is 11.1 Å². The van der Waals surface area contributed by atoms with Crippen molar-refractivity contribution in [1.29, 1.82) is 0 Å². The van der Waals surface area contributed by atoms with Crippen molar-refractivity contribution in [2.45, 2.75) is 32.5 Å². The summed E-state index contributed by atoms with van der Waals surface area (Å²) >= 11 is 0. The summed E-state index contributed by atoms with van der Waals surface area (Å²) in [5.74, 6) is 0.893. The molecular formula is C19H25NO2. The van der Waals surface area contributed by atoms with Gasteiger partial charge in [0, 0.05) is 19.2 Å². The molecule has 2 unspecified atom stereocenters. The maximum atomic E-state index is 5.81. The van der Waals surface area contributed by atoms with Crippen LogP contribution in [-0.2, 0) is 11.3 Å². The van der Waals surface area contributed by atoms with E-state index in [2.05, 4.69) is 43.4 Å². The number of benzene rings is 2. The molecule has 3 heteroatoms. The molecule has 0 saturated heterocycles. The molecule has 2 aromatic rings. The summed E-state index contributed by atoms with van der Waals surface area (Å²) < 4.78 is 11.0. The molecule has 118 valence electrons. The van der Waals surface area contributed by atoms with Gasteiger partial charge in [-0.2, -0.15) is 0 Å². The zero-order chi connectivity index (χ0) is 15.8. The van der Waals surface area contributed by atoms with Crippen molar-refractivity contribution >= 4 is 0 Å². The summed E-state index contributed by atoms with van der Waals surface area (Å²) in [4.78, 5) is 0. The third kappa shape index (κ3) is 5.17. The van der Waals surface area contributed by atoms with Gasteiger partial charge in [0.15, 0.2) is 0 Å². The van der Waals surface area contributed by atoms with Gasteiger partial charge in [-0.05, 0) is 37.1 Å². The Kier molecular flexibility index (Phi) is 6.44. The molecule has 22 heavy (non-hydrogen) atoms. The Hall–Kier alpha value is -1.84. The molecule has 2 aromatic carbocycles. The molecule has 1 N–H and O–H groups in total. The van der Waals surface area contributed by atoms with E-state index >= 15 is 0 Å². The Bertz CT molecular complexity index is 539. The number of hydrogen-bond donors (Lipinski definition) is 1. The van der Waals surface area contributed by atoms with Gasteiger partial charge in [0.1, 0.15) is 12.4 Å². The van der Waals surface area contributed by atoms with Crippen molar-refractivity contribution in [1.82, 2.24) is 5.32 Å². The van der Waals surface area contributed by atoms with Gasteiger partial charge in [-0.1, -0.05) is 42.5 Å². The predicted octanol–water partition coefficient (Wildman–Crippen LogP) is 3.95. The zero-order valence-electron chi connectivity index (χ0n) is 13.6. The van der Waals surface area contributed by atoms with Crippen LogP contribution in [0.2, 0.25) is 0 Å². The first kappa shape index (κ1) is 16.5. The van der Waals surface area contributed by atoms with Gasteiger partial charge in [0.25, 0.3) is 0 Å². The van der Waals surface area contributed by atoms with E-state index in [4.69, 9.17) is 9.47 Å². The highest BCUT2D eigenvalue weighted by molar-refractivity contribution is 5.29. The Morgan fingerprint density at radius 2 is 1.64 bits per heavy atom. The minimum absolute atomic E-state index is 0.285. The van der Waals surface area contributed by atoms with Crippen molar-refractivity contribution < 1.29 is 9.47 Å². The molecule has 0 radical (unpaired) electrons. The molecule has 2 atom stereocenters. The molecule has 0 bridgehead atoms. The molecular weight excluding hydrogens is 274 g/mol. The normalized spacial score (nSPS) is 13.6. The predicted molar refractivity (Wildman–Crippen MR) is 90.1 cm³/mol. The van der Waals surface area contributed by atoms with Crippen LogP contribution in [0.5, 0.6) is 5.75 Å². The van der Waals surface area contributed by atoms with E-state index in [1.54, 1.807) is 7.11 Å². The standard InChI is InChI=1S/C19H25NO2/c1-15(13-21-3)20-16(2)18-9-11-19(12-10-18)22-14-17-7-5-4-6-8-17/h4-12,15-16,20H,13-14H2,1-3H3. The van der Waals surface area contributed by atoms with Crippen molar-refractivity contribution in [3.8, 4) is 5.75 Å². The summed E-state index contributed by atoms with van der Waals surface area (Å²) in [5, 5.41) is 3.51. The second-order valence-electron chi connectivity index (χ2n) is 5.59. The van der Waals surface area contributed by atoms with E-state index in [-0.39, 0.29) is 6.04 Å². The quantitative estimate of drug-likeness (QED) is 0.800. The SMILES string of the molecule is COCC(C)NC(C)c1ccc(OCc2ccccc2)cc1. The third-order valence-electron chi connectivity index (χ3n) is 3.58. The van der Waals surface area contributed by atoms with Gasteiger partial charge >= 0.3 is 0 Å². The van der Waals surface area contributed by atoms with Gasteiger partial charge < -0.3 is 14.8 Å². The summed E-state index contributed by atoms with van der Waals surface area (Å²) in [5.41, 5.74) is 2.42. The van der Waals surface area contributed by atoms with E-state index in [0.29, 0.717) is 19.3 Å². The Balaban J connectivity index is 1.87. The molecule has 0 aliphatic rings. The van der Waals surface area contributed by atoms with Crippen LogP contribution >= 0.6 is 0 Å². The van der Waals surface area contributed by atoms with E-state index in [9.17, 15) is 0 Å². The number of rotatable bonds is 8. The lowest BCUT2D eigenvalue weighted by Gasteiger charge is -2.20. The maximum absolute atomic E-state index is 5.81. The van der Waals surface area contributed by atoms with Crippen LogP contribution in [0.25, 0.3) is 0 Å². The van der Waals surface area contributed by atoms with Crippen LogP contribution in [0.15, 0.2) is 54.6 Å². The van der Waals surface area contributed by atoms with Crippen molar-refractivity contribution in [2.24, 2.45) is 0 Å². The number of hydrogen-bond acceptors (Lipinski definition) is 3. The van der Waals surface area contributed by atoms with Crippen molar-refractivity contribution in [2.75, 3.05) is 13.7 Å². The third-order valence-corrected chi connectivity index (χ3v) is 3.58. The smallest absolute Gasteiger partial charge is 0.119 e. The highest BCUT2D eigenvalue weighted by Crippen LogP contribution is 2.19. The summed E-state index contributed by atoms with van der Waals surface area (Å²) in [6.45, 7) is 5.59. The van der Waals surface area contributed by atoms with Crippen molar-refractivity contribution in [3.63, 3.8) is 0 Å². The van der Waals surface area contributed by atoms with Gasteiger partial charge in [0.2, 0.25) is 0 Å². The molecule has 0 amide bonds. The lowest BCUT2D eigenvalue weighted by Crippen LogP contribution is -2.32. The van der Waals surface area contributed by atoms with Crippen LogP contribution in [0, 0.1) is 0 Å². The first-order chi connectivity index (χ1) is 10.7. The van der Waals surface area contributed by atoms with Gasteiger partial charge in [-0.15, -0.1) is 0 Å². The first-order valence-electron chi connectivity index (χ1n) is 7.70. The topological polar surface area (TPSA) is 30.5 Å². The average molecular weight is 299 g/mol. The fourth-order valence-corrected chi connectivity index (χ4v) is 2.41. The monoisotopic (exact) mass is 299 g/mol. The number of nitrogens with one attached hydrogen (secondary N) is 1. The van der Waals surface area contributed by atoms with Gasteiger partial charge in [0.05, 0.1) is 6.61 Å². The number of methoxy groups -OCH3 is 1. The van der Waals surface area contributed by atoms with Crippen LogP contribution in [0.3, 0.4) is 0 Å². The summed E-state index contributed by atoms with van der Waals surface area (Å²) in [7, 11) is 1.72. The van der Waals surface area contributed by atoms with Crippen LogP contribution in [-0.4, -0.2) is 19.8 Å². The molecule has 2 rings (SSSR count). The summed E-state index contributed by atoms with van der Waals surface area (Å²) in [6, 6.07) is 19.1. The maximum Gasteiger partial charge on any atom is 0.119 e. The van der Waals surface area contributed by atoms with E-state index in [0.717, 1.165) is 5.75 Å². The minimum atomic E-state index is 0.285. The fourth-order valence-electron chi connectivity index (χ4n) is 2.41. The molecule has 0 fully saturated rings. The number of ether oxygens (including phenoxy) is 2. The second kappa shape index (κ2) is 8.57.